The number of anilines is 3. The number of furan rings is 1. The molecule has 0 saturated heterocycles. The molecule has 0 radical (unpaired) electrons. The van der Waals surface area contributed by atoms with Crippen LogP contribution < -0.4 is 4.90 Å². The zero-order chi connectivity index (χ0) is 35.6. The SMILES string of the molecule is c1ccc(-c2ccc(N(c3ccc4c5ccccc5c5ccccc5c4c3)c3cccc4oc5c(-c6ccccc6)cc6ccccc6c5c34)cc2)cc1. The van der Waals surface area contributed by atoms with Gasteiger partial charge >= 0.3 is 0 Å². The molecule has 0 aliphatic carbocycles. The number of rotatable bonds is 5. The van der Waals surface area contributed by atoms with E-state index in [0.29, 0.717) is 0 Å². The van der Waals surface area contributed by atoms with Crippen LogP contribution in [-0.4, -0.2) is 0 Å². The molecule has 1 heterocycles. The van der Waals surface area contributed by atoms with Crippen molar-refractivity contribution in [3.63, 3.8) is 0 Å². The summed E-state index contributed by atoms with van der Waals surface area (Å²) >= 11 is 0. The lowest BCUT2D eigenvalue weighted by molar-refractivity contribution is 0.670. The van der Waals surface area contributed by atoms with Crippen molar-refractivity contribution >= 4 is 82.1 Å². The summed E-state index contributed by atoms with van der Waals surface area (Å²) in [5, 5.41) is 12.1. The Morgan fingerprint density at radius 3 is 1.56 bits per heavy atom. The van der Waals surface area contributed by atoms with Crippen LogP contribution in [0.1, 0.15) is 0 Å². The second-order valence-electron chi connectivity index (χ2n) is 14.0. The smallest absolute Gasteiger partial charge is 0.143 e. The second kappa shape index (κ2) is 12.2. The Morgan fingerprint density at radius 1 is 0.333 bits per heavy atom. The molecule has 0 fully saturated rings. The maximum absolute atomic E-state index is 6.94. The summed E-state index contributed by atoms with van der Waals surface area (Å²) in [5.41, 5.74) is 9.59. The van der Waals surface area contributed by atoms with E-state index in [2.05, 4.69) is 205 Å². The minimum atomic E-state index is 0.860. The molecule has 2 heteroatoms. The van der Waals surface area contributed by atoms with E-state index in [1.165, 1.54) is 54.2 Å². The molecule has 0 bridgehead atoms. The van der Waals surface area contributed by atoms with Gasteiger partial charge in [-0.2, -0.15) is 0 Å². The number of nitrogens with zero attached hydrogens (tertiary/aromatic N) is 1. The van der Waals surface area contributed by atoms with Gasteiger partial charge in [0.1, 0.15) is 11.2 Å². The van der Waals surface area contributed by atoms with Crippen molar-refractivity contribution in [3.8, 4) is 22.3 Å². The van der Waals surface area contributed by atoms with Crippen molar-refractivity contribution in [2.24, 2.45) is 0 Å². The monoisotopic (exact) mass is 687 g/mol. The average molecular weight is 688 g/mol. The van der Waals surface area contributed by atoms with Gasteiger partial charge in [-0.05, 0) is 102 Å². The highest BCUT2D eigenvalue weighted by atomic mass is 16.3. The van der Waals surface area contributed by atoms with Crippen molar-refractivity contribution < 1.29 is 4.42 Å². The Morgan fingerprint density at radius 2 is 0.870 bits per heavy atom. The first-order valence-corrected chi connectivity index (χ1v) is 18.5. The van der Waals surface area contributed by atoms with E-state index in [1.54, 1.807) is 0 Å². The van der Waals surface area contributed by atoms with Gasteiger partial charge in [0.25, 0.3) is 0 Å². The Labute approximate surface area is 312 Å². The molecule has 0 saturated carbocycles. The van der Waals surface area contributed by atoms with Gasteiger partial charge in [-0.3, -0.25) is 0 Å². The van der Waals surface area contributed by atoms with Crippen molar-refractivity contribution in [2.45, 2.75) is 0 Å². The van der Waals surface area contributed by atoms with Gasteiger partial charge in [0, 0.05) is 22.3 Å². The molecular weight excluding hydrogens is 655 g/mol. The fourth-order valence-corrected chi connectivity index (χ4v) is 8.56. The summed E-state index contributed by atoms with van der Waals surface area (Å²) in [6, 6.07) is 72.1. The molecule has 1 aromatic heterocycles. The zero-order valence-electron chi connectivity index (χ0n) is 29.4. The van der Waals surface area contributed by atoms with Gasteiger partial charge in [0.05, 0.1) is 11.1 Å². The van der Waals surface area contributed by atoms with E-state index in [-0.39, 0.29) is 0 Å². The lowest BCUT2D eigenvalue weighted by Crippen LogP contribution is -2.10. The highest BCUT2D eigenvalue weighted by molar-refractivity contribution is 6.28. The predicted octanol–water partition coefficient (Wildman–Crippen LogP) is 15.0. The maximum atomic E-state index is 6.94. The summed E-state index contributed by atoms with van der Waals surface area (Å²) in [6.45, 7) is 0. The lowest BCUT2D eigenvalue weighted by Gasteiger charge is -2.27. The molecule has 10 aromatic carbocycles. The van der Waals surface area contributed by atoms with Crippen LogP contribution in [0, 0.1) is 0 Å². The summed E-state index contributed by atoms with van der Waals surface area (Å²) < 4.78 is 6.94. The molecular formula is C52H33NO. The van der Waals surface area contributed by atoms with E-state index in [9.17, 15) is 0 Å². The highest BCUT2D eigenvalue weighted by Gasteiger charge is 2.23. The fraction of sp³-hybridized carbons (Fsp3) is 0. The number of fused-ring (bicyclic) bond motifs is 11. The largest absolute Gasteiger partial charge is 0.455 e. The zero-order valence-corrected chi connectivity index (χ0v) is 29.4. The summed E-state index contributed by atoms with van der Waals surface area (Å²) in [5.74, 6) is 0. The molecule has 0 aliphatic rings. The summed E-state index contributed by atoms with van der Waals surface area (Å²) in [4.78, 5) is 2.42. The quantitative estimate of drug-likeness (QED) is 0.168. The Balaban J connectivity index is 1.23. The van der Waals surface area contributed by atoms with Crippen LogP contribution >= 0.6 is 0 Å². The highest BCUT2D eigenvalue weighted by Crippen LogP contribution is 2.48. The van der Waals surface area contributed by atoms with Crippen LogP contribution in [0.4, 0.5) is 17.1 Å². The number of benzene rings is 10. The first kappa shape index (κ1) is 30.5. The molecule has 252 valence electrons. The van der Waals surface area contributed by atoms with E-state index in [0.717, 1.165) is 50.1 Å². The van der Waals surface area contributed by atoms with Crippen LogP contribution in [0.3, 0.4) is 0 Å². The molecule has 0 N–H and O–H groups in total. The normalized spacial score (nSPS) is 11.7. The van der Waals surface area contributed by atoms with Gasteiger partial charge in [0.15, 0.2) is 0 Å². The van der Waals surface area contributed by atoms with E-state index >= 15 is 0 Å². The fourth-order valence-electron chi connectivity index (χ4n) is 8.56. The standard InChI is InChI=1S/C52H33NO/c1-3-14-34(15-4-1)35-26-28-38(29-27-35)53(39-30-31-45-43-22-10-9-20-41(43)42-21-11-12-23-44(42)47(45)33-39)48-24-13-25-49-51(48)50-40-19-8-7-18-37(40)32-46(52(50)54-49)36-16-5-2-6-17-36/h1-33H. The minimum absolute atomic E-state index is 0.860. The van der Waals surface area contributed by atoms with E-state index in [4.69, 9.17) is 4.42 Å². The van der Waals surface area contributed by atoms with Crippen molar-refractivity contribution in [1.29, 1.82) is 0 Å². The first-order valence-electron chi connectivity index (χ1n) is 18.5. The third-order valence-electron chi connectivity index (χ3n) is 11.0. The Hall–Kier alpha value is -7.16. The summed E-state index contributed by atoms with van der Waals surface area (Å²) in [6.07, 6.45) is 0. The van der Waals surface area contributed by atoms with Gasteiger partial charge in [-0.15, -0.1) is 0 Å². The van der Waals surface area contributed by atoms with Crippen molar-refractivity contribution in [1.82, 2.24) is 0 Å². The van der Waals surface area contributed by atoms with E-state index in [1.807, 2.05) is 0 Å². The van der Waals surface area contributed by atoms with Crippen LogP contribution in [0.2, 0.25) is 0 Å². The third-order valence-corrected chi connectivity index (χ3v) is 11.0. The molecule has 11 aromatic rings. The molecule has 11 rings (SSSR count). The molecule has 54 heavy (non-hydrogen) atoms. The Kier molecular flexibility index (Phi) is 6.90. The minimum Gasteiger partial charge on any atom is -0.455 e. The van der Waals surface area contributed by atoms with Crippen LogP contribution in [0.15, 0.2) is 205 Å². The third kappa shape index (κ3) is 4.74. The molecule has 2 nitrogen and oxygen atoms in total. The van der Waals surface area contributed by atoms with Crippen LogP contribution in [0.5, 0.6) is 0 Å². The van der Waals surface area contributed by atoms with E-state index < -0.39 is 0 Å². The average Bonchev–Trinajstić information content (AvgIpc) is 3.65. The van der Waals surface area contributed by atoms with Crippen LogP contribution in [0.25, 0.3) is 87.3 Å². The van der Waals surface area contributed by atoms with Crippen molar-refractivity contribution in [2.75, 3.05) is 4.90 Å². The van der Waals surface area contributed by atoms with Crippen molar-refractivity contribution in [3.05, 3.63) is 200 Å². The second-order valence-corrected chi connectivity index (χ2v) is 14.0. The van der Waals surface area contributed by atoms with Gasteiger partial charge in [-0.25, -0.2) is 0 Å². The topological polar surface area (TPSA) is 16.4 Å². The van der Waals surface area contributed by atoms with Gasteiger partial charge in [-0.1, -0.05) is 158 Å². The maximum Gasteiger partial charge on any atom is 0.143 e. The van der Waals surface area contributed by atoms with Crippen LogP contribution in [-0.2, 0) is 0 Å². The molecule has 0 amide bonds. The van der Waals surface area contributed by atoms with Gasteiger partial charge in [0.2, 0.25) is 0 Å². The predicted molar refractivity (Wildman–Crippen MR) is 229 cm³/mol. The Bertz CT molecular complexity index is 3160. The lowest BCUT2D eigenvalue weighted by atomic mass is 9.93. The molecule has 0 atom stereocenters. The molecule has 0 spiro atoms. The number of hydrogen-bond donors (Lipinski definition) is 0. The summed E-state index contributed by atoms with van der Waals surface area (Å²) in [7, 11) is 0. The molecule has 0 unspecified atom stereocenters. The first-order chi connectivity index (χ1) is 26.8. The number of hydrogen-bond acceptors (Lipinski definition) is 2. The van der Waals surface area contributed by atoms with Gasteiger partial charge < -0.3 is 9.32 Å². The molecule has 0 aliphatic heterocycles.